The topological polar surface area (TPSA) is 12.9 Å². The Morgan fingerprint density at radius 3 is 2.60 bits per heavy atom. The summed E-state index contributed by atoms with van der Waals surface area (Å²) in [4.78, 5) is 3.36. The second-order valence-electron chi connectivity index (χ2n) is 3.59. The fraction of sp³-hybridized carbons (Fsp3) is 0.545. The minimum Gasteiger partial charge on any atom is -0.252 e. The van der Waals surface area contributed by atoms with E-state index < -0.39 is 17.9 Å². The number of halogens is 3. The van der Waals surface area contributed by atoms with Gasteiger partial charge in [-0.2, -0.15) is 0 Å². The van der Waals surface area contributed by atoms with Crippen LogP contribution >= 0.6 is 0 Å². The summed E-state index contributed by atoms with van der Waals surface area (Å²) in [6.45, 7) is 3.81. The summed E-state index contributed by atoms with van der Waals surface area (Å²) in [5.41, 5.74) is -0.405. The van der Waals surface area contributed by atoms with Crippen LogP contribution in [-0.2, 0) is 0 Å². The number of pyridine rings is 1. The molecule has 0 fully saturated rings. The average molecular weight is 217 g/mol. The molecule has 1 aromatic heterocycles. The van der Waals surface area contributed by atoms with Crippen LogP contribution in [0.2, 0.25) is 0 Å². The first-order valence-electron chi connectivity index (χ1n) is 5.00. The Morgan fingerprint density at radius 1 is 1.40 bits per heavy atom. The summed E-state index contributed by atoms with van der Waals surface area (Å²) in [6.07, 6.45) is 0.0709. The summed E-state index contributed by atoms with van der Waals surface area (Å²) in [5, 5.41) is 0. The third-order valence-corrected chi connectivity index (χ3v) is 2.41. The van der Waals surface area contributed by atoms with E-state index >= 15 is 0 Å². The van der Waals surface area contributed by atoms with Gasteiger partial charge in [-0.05, 0) is 24.0 Å². The molecule has 1 atom stereocenters. The van der Waals surface area contributed by atoms with Gasteiger partial charge in [0, 0.05) is 6.20 Å². The van der Waals surface area contributed by atoms with Crippen LogP contribution in [0, 0.1) is 5.82 Å². The lowest BCUT2D eigenvalue weighted by Crippen LogP contribution is -2.03. The van der Waals surface area contributed by atoms with Crippen molar-refractivity contribution in [1.29, 1.82) is 0 Å². The van der Waals surface area contributed by atoms with Crippen LogP contribution in [0.15, 0.2) is 12.3 Å². The molecule has 4 heteroatoms. The van der Waals surface area contributed by atoms with Crippen molar-refractivity contribution in [3.63, 3.8) is 0 Å². The van der Waals surface area contributed by atoms with E-state index in [0.29, 0.717) is 5.56 Å². The van der Waals surface area contributed by atoms with Crippen LogP contribution in [-0.4, -0.2) is 4.98 Å². The Labute approximate surface area is 87.3 Å². The van der Waals surface area contributed by atoms with Crippen LogP contribution in [0.25, 0.3) is 0 Å². The molecule has 84 valence electrons. The minimum atomic E-state index is -2.85. The van der Waals surface area contributed by atoms with E-state index in [1.165, 1.54) is 12.3 Å². The van der Waals surface area contributed by atoms with Crippen molar-refractivity contribution >= 4 is 0 Å². The van der Waals surface area contributed by atoms with E-state index in [0.717, 1.165) is 12.8 Å². The van der Waals surface area contributed by atoms with Crippen molar-refractivity contribution in [3.05, 3.63) is 29.3 Å². The Kier molecular flexibility index (Phi) is 4.12. The molecule has 0 amide bonds. The van der Waals surface area contributed by atoms with Gasteiger partial charge in [-0.3, -0.25) is 4.98 Å². The van der Waals surface area contributed by atoms with E-state index in [-0.39, 0.29) is 5.92 Å². The summed E-state index contributed by atoms with van der Waals surface area (Å²) in [6, 6.07) is 1.47. The molecule has 15 heavy (non-hydrogen) atoms. The Morgan fingerprint density at radius 2 is 2.07 bits per heavy atom. The quantitative estimate of drug-likeness (QED) is 0.741. The normalized spacial score (nSPS) is 13.2. The van der Waals surface area contributed by atoms with E-state index in [4.69, 9.17) is 0 Å². The monoisotopic (exact) mass is 217 g/mol. The molecule has 1 heterocycles. The molecule has 0 aliphatic heterocycles. The van der Waals surface area contributed by atoms with Crippen LogP contribution in [0.3, 0.4) is 0 Å². The Bertz CT molecular complexity index is 326. The highest BCUT2D eigenvalue weighted by molar-refractivity contribution is 5.23. The molecule has 1 aromatic rings. The van der Waals surface area contributed by atoms with Gasteiger partial charge in [0.15, 0.2) is 5.82 Å². The van der Waals surface area contributed by atoms with Gasteiger partial charge in [-0.1, -0.05) is 20.3 Å². The molecule has 0 saturated carbocycles. The predicted molar refractivity (Wildman–Crippen MR) is 52.5 cm³/mol. The molecule has 1 unspecified atom stereocenters. The molecule has 1 rings (SSSR count). The Hall–Kier alpha value is -1.06. The second kappa shape index (κ2) is 5.14. The zero-order valence-electron chi connectivity index (χ0n) is 8.80. The smallest absolute Gasteiger partial charge is 0.252 e. The fourth-order valence-electron chi connectivity index (χ4n) is 1.60. The zero-order chi connectivity index (χ0) is 11.4. The highest BCUT2D eigenvalue weighted by Crippen LogP contribution is 2.28. The summed E-state index contributed by atoms with van der Waals surface area (Å²) >= 11 is 0. The molecule has 0 radical (unpaired) electrons. The molecule has 0 aliphatic rings. The van der Waals surface area contributed by atoms with Gasteiger partial charge in [-0.15, -0.1) is 0 Å². The highest BCUT2D eigenvalue weighted by Gasteiger charge is 2.20. The van der Waals surface area contributed by atoms with Crippen LogP contribution in [0.5, 0.6) is 0 Å². The second-order valence-corrected chi connectivity index (χ2v) is 3.59. The highest BCUT2D eigenvalue weighted by atomic mass is 19.3. The third-order valence-electron chi connectivity index (χ3n) is 2.41. The third kappa shape index (κ3) is 2.70. The minimum absolute atomic E-state index is 0.0458. The number of hydrogen-bond acceptors (Lipinski definition) is 1. The lowest BCUT2D eigenvalue weighted by molar-refractivity contribution is 0.140. The maximum Gasteiger partial charge on any atom is 0.283 e. The molecule has 0 bridgehead atoms. The maximum absolute atomic E-state index is 13.6. The lowest BCUT2D eigenvalue weighted by Gasteiger charge is -2.13. The molecule has 0 N–H and O–H groups in total. The van der Waals surface area contributed by atoms with Gasteiger partial charge in [0.05, 0.1) is 0 Å². The molecular formula is C11H14F3N. The van der Waals surface area contributed by atoms with E-state index in [2.05, 4.69) is 4.98 Å². The first-order valence-corrected chi connectivity index (χ1v) is 5.00. The number of rotatable bonds is 4. The summed E-state index contributed by atoms with van der Waals surface area (Å²) in [5.74, 6) is -0.899. The standard InChI is InChI=1S/C11H14F3N/c1-3-4-7(2)8-5-6-15-10(9(8)12)11(13)14/h5-7,11H,3-4H2,1-2H3. The first kappa shape index (κ1) is 12.0. The van der Waals surface area contributed by atoms with Gasteiger partial charge in [0.25, 0.3) is 6.43 Å². The predicted octanol–water partition coefficient (Wildman–Crippen LogP) is 4.06. The molecule has 1 nitrogen and oxygen atoms in total. The number of nitrogens with zero attached hydrogens (tertiary/aromatic N) is 1. The fourth-order valence-corrected chi connectivity index (χ4v) is 1.60. The van der Waals surface area contributed by atoms with E-state index in [1.807, 2.05) is 13.8 Å². The molecule has 0 aliphatic carbocycles. The van der Waals surface area contributed by atoms with E-state index in [9.17, 15) is 13.2 Å². The van der Waals surface area contributed by atoms with Gasteiger partial charge < -0.3 is 0 Å². The van der Waals surface area contributed by atoms with Gasteiger partial charge in [-0.25, -0.2) is 13.2 Å². The molecule has 0 saturated heterocycles. The average Bonchev–Trinajstić information content (AvgIpc) is 2.17. The SMILES string of the molecule is CCCC(C)c1ccnc(C(F)F)c1F. The van der Waals surface area contributed by atoms with Gasteiger partial charge >= 0.3 is 0 Å². The van der Waals surface area contributed by atoms with Crippen molar-refractivity contribution in [3.8, 4) is 0 Å². The largest absolute Gasteiger partial charge is 0.283 e. The first-order chi connectivity index (χ1) is 7.07. The maximum atomic E-state index is 13.6. The van der Waals surface area contributed by atoms with Crippen molar-refractivity contribution < 1.29 is 13.2 Å². The zero-order valence-corrected chi connectivity index (χ0v) is 8.80. The van der Waals surface area contributed by atoms with Gasteiger partial charge in [0.2, 0.25) is 0 Å². The van der Waals surface area contributed by atoms with E-state index in [1.54, 1.807) is 0 Å². The van der Waals surface area contributed by atoms with Gasteiger partial charge in [0.1, 0.15) is 5.69 Å². The van der Waals surface area contributed by atoms with Crippen molar-refractivity contribution in [2.45, 2.75) is 39.0 Å². The molecule has 0 aromatic carbocycles. The van der Waals surface area contributed by atoms with Crippen molar-refractivity contribution in [2.75, 3.05) is 0 Å². The summed E-state index contributed by atoms with van der Waals surface area (Å²) < 4.78 is 38.3. The molecule has 0 spiro atoms. The lowest BCUT2D eigenvalue weighted by atomic mass is 9.96. The summed E-state index contributed by atoms with van der Waals surface area (Å²) in [7, 11) is 0. The Balaban J connectivity index is 3.03. The number of hydrogen-bond donors (Lipinski definition) is 0. The number of aromatic nitrogens is 1. The number of alkyl halides is 2. The van der Waals surface area contributed by atoms with Crippen molar-refractivity contribution in [1.82, 2.24) is 4.98 Å². The van der Waals surface area contributed by atoms with Crippen LogP contribution < -0.4 is 0 Å². The van der Waals surface area contributed by atoms with Crippen LogP contribution in [0.1, 0.15) is 50.3 Å². The van der Waals surface area contributed by atoms with Crippen molar-refractivity contribution in [2.24, 2.45) is 0 Å². The molecular weight excluding hydrogens is 203 g/mol. The van der Waals surface area contributed by atoms with Crippen LogP contribution in [0.4, 0.5) is 13.2 Å².